The predicted octanol–water partition coefficient (Wildman–Crippen LogP) is 9.65. The third-order valence-corrected chi connectivity index (χ3v) is 11.6. The van der Waals surface area contributed by atoms with Crippen LogP contribution in [0.5, 0.6) is 34.5 Å². The second-order valence-corrected chi connectivity index (χ2v) is 18.1. The average Bonchev–Trinajstić information content (AvgIpc) is 3.20. The molecule has 8 rings (SSSR count). The molecule has 2 saturated heterocycles. The van der Waals surface area contributed by atoms with Crippen LogP contribution in [0, 0.1) is 37.3 Å². The SMILES string of the molecule is Cc1cc2c(cc1OOC/C=C/c1ccc(OCOC[C-]3COC3)cc1F)C(C)(C)CC1(CC(C)(C)c3cc(OC(=O)/C=C/c4ccc(OCOC[C-]5COC5)cc4F)c(C)cc3O1)O2.[W].[W]. The van der Waals surface area contributed by atoms with Crippen LogP contribution in [0.3, 0.4) is 0 Å². The van der Waals surface area contributed by atoms with Gasteiger partial charge in [-0.15, -0.1) is 0 Å². The maximum atomic E-state index is 14.9. The van der Waals surface area contributed by atoms with Gasteiger partial charge in [-0.3, -0.25) is 0 Å². The fraction of sp³-hybridized carbons (Fsp3) is 0.392. The minimum Gasteiger partial charge on any atom is -0.468 e. The van der Waals surface area contributed by atoms with Crippen molar-refractivity contribution in [2.45, 2.75) is 71.0 Å². The molecule has 0 N–H and O–H groups in total. The van der Waals surface area contributed by atoms with E-state index in [0.29, 0.717) is 98.1 Å². The monoisotopic (exact) mass is 1260 g/mol. The van der Waals surface area contributed by atoms with E-state index in [1.165, 1.54) is 30.4 Å². The summed E-state index contributed by atoms with van der Waals surface area (Å²) in [6.45, 7) is 15.7. The molecule has 358 valence electrons. The number of hydrogen-bond acceptors (Lipinski definition) is 12. The number of aryl methyl sites for hydroxylation is 2. The average molecular weight is 1260 g/mol. The van der Waals surface area contributed by atoms with Crippen LogP contribution in [-0.4, -0.2) is 71.6 Å². The maximum absolute atomic E-state index is 14.9. The molecule has 4 aliphatic rings. The van der Waals surface area contributed by atoms with Crippen molar-refractivity contribution in [3.63, 3.8) is 0 Å². The second kappa shape index (κ2) is 22.5. The number of hydrogen-bond donors (Lipinski definition) is 0. The molecule has 0 saturated carbocycles. The molecular weight excluding hydrogens is 1210 g/mol. The summed E-state index contributed by atoms with van der Waals surface area (Å²) >= 11 is 0. The van der Waals surface area contributed by atoms with Gasteiger partial charge in [-0.25, -0.2) is 25.4 Å². The Bertz CT molecular complexity index is 2430. The first kappa shape index (κ1) is 52.2. The number of fused-ring (bicyclic) bond motifs is 2. The van der Waals surface area contributed by atoms with E-state index in [9.17, 15) is 13.6 Å². The van der Waals surface area contributed by atoms with Gasteiger partial charge < -0.3 is 47.5 Å². The standard InChI is InChI=1S/C51H54F2O12.2W/c1-32-16-46-40(20-44(32)62-48(54)14-11-37-10-13-39(19-43(37)53)60-31-58-27-35-24-56-25-35)49(3,4)28-51(63-46)29-50(5,6)41-21-45(33(2)17-47(41)64-51)65-61-15-7-8-36-9-12-38(18-42(36)52)59-30-57-26-34-22-55-23-34;;/h7-14,16-21H,15,22-31H2,1-6H3;;/q-2;;/b8-7+,14-11+;;. The van der Waals surface area contributed by atoms with Crippen LogP contribution in [-0.2, 0) is 81.6 Å². The molecular formula is C51H54F2O12W2-2. The molecule has 67 heavy (non-hydrogen) atoms. The summed E-state index contributed by atoms with van der Waals surface area (Å²) in [6, 6.07) is 16.6. The number of ether oxygens (including phenoxy) is 9. The van der Waals surface area contributed by atoms with Crippen LogP contribution in [0.1, 0.15) is 73.9 Å². The molecule has 12 nitrogen and oxygen atoms in total. The molecule has 4 aromatic carbocycles. The van der Waals surface area contributed by atoms with Crippen molar-refractivity contribution in [1.29, 1.82) is 0 Å². The number of halogens is 2. The van der Waals surface area contributed by atoms with E-state index in [1.54, 1.807) is 30.4 Å². The molecule has 4 aromatic rings. The number of carbonyl (C=O) groups is 1. The number of carbonyl (C=O) groups excluding carboxylic acids is 1. The zero-order valence-electron chi connectivity index (χ0n) is 38.3. The molecule has 1 atom stereocenters. The molecule has 16 heteroatoms. The Balaban J connectivity index is 0.00000370. The summed E-state index contributed by atoms with van der Waals surface area (Å²) < 4.78 is 81.0. The normalized spacial score (nSPS) is 19.2. The van der Waals surface area contributed by atoms with Crippen molar-refractivity contribution in [2.24, 2.45) is 0 Å². The first-order valence-corrected chi connectivity index (χ1v) is 21.5. The van der Waals surface area contributed by atoms with E-state index in [4.69, 9.17) is 52.4 Å². The van der Waals surface area contributed by atoms with E-state index in [2.05, 4.69) is 27.7 Å². The van der Waals surface area contributed by atoms with E-state index < -0.39 is 34.2 Å². The Kier molecular flexibility index (Phi) is 17.6. The first-order valence-electron chi connectivity index (χ1n) is 21.5. The van der Waals surface area contributed by atoms with Crippen molar-refractivity contribution in [2.75, 3.05) is 59.8 Å². The van der Waals surface area contributed by atoms with Gasteiger partial charge in [0.05, 0.1) is 0 Å². The maximum Gasteiger partial charge on any atom is 0.336 e. The van der Waals surface area contributed by atoms with E-state index >= 15 is 0 Å². The quantitative estimate of drug-likeness (QED) is 0.0138. The van der Waals surface area contributed by atoms with Gasteiger partial charge in [0.25, 0.3) is 5.79 Å². The van der Waals surface area contributed by atoms with Crippen molar-refractivity contribution < 1.29 is 108 Å². The topological polar surface area (TPSA) is 119 Å². The van der Waals surface area contributed by atoms with Gasteiger partial charge in [0.1, 0.15) is 47.0 Å². The molecule has 0 aromatic heterocycles. The molecule has 0 amide bonds. The molecule has 1 spiro atoms. The van der Waals surface area contributed by atoms with Crippen LogP contribution in [0.4, 0.5) is 8.78 Å². The van der Waals surface area contributed by atoms with Crippen LogP contribution >= 0.6 is 0 Å². The molecule has 1 unspecified atom stereocenters. The Morgan fingerprint density at radius 1 is 0.687 bits per heavy atom. The zero-order valence-corrected chi connectivity index (χ0v) is 44.2. The summed E-state index contributed by atoms with van der Waals surface area (Å²) in [4.78, 5) is 24.3. The summed E-state index contributed by atoms with van der Waals surface area (Å²) in [5, 5.41) is 0. The van der Waals surface area contributed by atoms with E-state index in [1.807, 2.05) is 38.1 Å². The van der Waals surface area contributed by atoms with Gasteiger partial charge >= 0.3 is 5.97 Å². The van der Waals surface area contributed by atoms with Gasteiger partial charge in [-0.1, -0.05) is 79.5 Å². The Hall–Kier alpha value is -4.13. The van der Waals surface area contributed by atoms with Gasteiger partial charge in [-0.05, 0) is 79.6 Å². The minimum absolute atomic E-state index is 0. The number of benzene rings is 4. The summed E-state index contributed by atoms with van der Waals surface area (Å²) in [5.74, 6) is 2.59. The number of rotatable bonds is 18. The van der Waals surface area contributed by atoms with E-state index in [0.717, 1.165) is 28.5 Å². The van der Waals surface area contributed by atoms with Crippen LogP contribution < -0.4 is 28.6 Å². The van der Waals surface area contributed by atoms with Crippen molar-refractivity contribution in [3.05, 3.63) is 130 Å². The fourth-order valence-electron chi connectivity index (χ4n) is 8.24. The van der Waals surface area contributed by atoms with E-state index in [-0.39, 0.29) is 67.9 Å². The molecule has 4 aliphatic heterocycles. The van der Waals surface area contributed by atoms with Gasteiger partial charge in [-0.2, -0.15) is 4.89 Å². The molecule has 0 radical (unpaired) electrons. The van der Waals surface area contributed by atoms with Crippen molar-refractivity contribution in [3.8, 4) is 34.5 Å². The number of esters is 1. The van der Waals surface area contributed by atoms with Crippen LogP contribution in [0.25, 0.3) is 12.2 Å². The van der Waals surface area contributed by atoms with Gasteiger partial charge in [0.15, 0.2) is 19.3 Å². The third kappa shape index (κ3) is 12.9. The van der Waals surface area contributed by atoms with Gasteiger partial charge in [0.2, 0.25) is 0 Å². The van der Waals surface area contributed by atoms with Crippen LogP contribution in [0.2, 0.25) is 0 Å². The molecule has 2 fully saturated rings. The third-order valence-electron chi connectivity index (χ3n) is 11.6. The molecule has 4 heterocycles. The second-order valence-electron chi connectivity index (χ2n) is 18.1. The smallest absolute Gasteiger partial charge is 0.336 e. The Morgan fingerprint density at radius 2 is 1.18 bits per heavy atom. The summed E-state index contributed by atoms with van der Waals surface area (Å²) in [6.07, 6.45) is 6.89. The summed E-state index contributed by atoms with van der Waals surface area (Å²) in [7, 11) is 0. The van der Waals surface area contributed by atoms with Crippen molar-refractivity contribution >= 4 is 18.1 Å². The molecule has 0 aliphatic carbocycles. The van der Waals surface area contributed by atoms with Gasteiger partial charge in [0, 0.05) is 106 Å². The summed E-state index contributed by atoms with van der Waals surface area (Å²) in [5.41, 5.74) is 3.01. The fourth-order valence-corrected chi connectivity index (χ4v) is 8.24. The Labute approximate surface area is 419 Å². The minimum atomic E-state index is -0.989. The largest absolute Gasteiger partial charge is 0.468 e. The zero-order chi connectivity index (χ0) is 45.8. The van der Waals surface area contributed by atoms with Crippen molar-refractivity contribution in [1.82, 2.24) is 0 Å². The molecule has 0 bridgehead atoms. The van der Waals surface area contributed by atoms with Crippen LogP contribution in [0.15, 0.2) is 72.8 Å². The Morgan fingerprint density at radius 3 is 1.67 bits per heavy atom. The first-order chi connectivity index (χ1) is 31.1. The predicted molar refractivity (Wildman–Crippen MR) is 236 cm³/mol.